The van der Waals surface area contributed by atoms with Crippen LogP contribution in [0.2, 0.25) is 0 Å². The molecule has 0 aromatic carbocycles. The topological polar surface area (TPSA) is 58.4 Å². The molecule has 22 heavy (non-hydrogen) atoms. The Labute approximate surface area is 130 Å². The molecule has 2 aromatic heterocycles. The Bertz CT molecular complexity index is 594. The number of carbonyl (C=O) groups excluding carboxylic acids is 1. The molecule has 116 valence electrons. The molecule has 1 aliphatic carbocycles. The van der Waals surface area contributed by atoms with Gasteiger partial charge in [-0.25, -0.2) is 4.79 Å². The minimum atomic E-state index is -0.0408. The summed E-state index contributed by atoms with van der Waals surface area (Å²) in [4.78, 5) is 18.5. The van der Waals surface area contributed by atoms with E-state index in [-0.39, 0.29) is 12.1 Å². The van der Waals surface area contributed by atoms with Crippen LogP contribution in [0.1, 0.15) is 37.1 Å². The van der Waals surface area contributed by atoms with Crippen molar-refractivity contribution in [3.8, 4) is 0 Å². The standard InChI is InChI=1S/C17H21N3O2/c1-13(16-5-3-11-22-16)20(15-6-7-15)17(21)19-10-8-14-4-2-9-18-12-14/h2-5,9,11-13,15H,6-8,10H2,1H3,(H,19,21)/t13-/m0/s1. The SMILES string of the molecule is C[C@@H](c1ccco1)N(C(=O)NCCc1cccnc1)C1CC1. The third-order valence-corrected chi connectivity index (χ3v) is 3.96. The largest absolute Gasteiger partial charge is 0.467 e. The molecule has 2 aromatic rings. The summed E-state index contributed by atoms with van der Waals surface area (Å²) >= 11 is 0. The number of hydrogen-bond donors (Lipinski definition) is 1. The fourth-order valence-electron chi connectivity index (χ4n) is 2.63. The van der Waals surface area contributed by atoms with E-state index in [2.05, 4.69) is 10.3 Å². The second-order valence-corrected chi connectivity index (χ2v) is 5.67. The summed E-state index contributed by atoms with van der Waals surface area (Å²) in [7, 11) is 0. The number of nitrogens with zero attached hydrogens (tertiary/aromatic N) is 2. The van der Waals surface area contributed by atoms with Crippen LogP contribution in [0.25, 0.3) is 0 Å². The number of hydrogen-bond acceptors (Lipinski definition) is 3. The van der Waals surface area contributed by atoms with Crippen molar-refractivity contribution in [1.82, 2.24) is 15.2 Å². The highest BCUT2D eigenvalue weighted by molar-refractivity contribution is 5.75. The van der Waals surface area contributed by atoms with Gasteiger partial charge in [-0.15, -0.1) is 0 Å². The van der Waals surface area contributed by atoms with Crippen LogP contribution >= 0.6 is 0 Å². The van der Waals surface area contributed by atoms with E-state index in [4.69, 9.17) is 4.42 Å². The minimum Gasteiger partial charge on any atom is -0.467 e. The maximum absolute atomic E-state index is 12.5. The second kappa shape index (κ2) is 6.64. The number of urea groups is 1. The quantitative estimate of drug-likeness (QED) is 0.891. The summed E-state index contributed by atoms with van der Waals surface area (Å²) < 4.78 is 5.45. The Morgan fingerprint density at radius 2 is 2.32 bits per heavy atom. The molecule has 5 heteroatoms. The van der Waals surface area contributed by atoms with Gasteiger partial charge in [-0.2, -0.15) is 0 Å². The lowest BCUT2D eigenvalue weighted by Crippen LogP contribution is -2.43. The number of aromatic nitrogens is 1. The highest BCUT2D eigenvalue weighted by Gasteiger charge is 2.37. The summed E-state index contributed by atoms with van der Waals surface area (Å²) in [5.41, 5.74) is 1.12. The lowest BCUT2D eigenvalue weighted by atomic mass is 10.2. The molecule has 0 bridgehead atoms. The van der Waals surface area contributed by atoms with Gasteiger partial charge in [0.05, 0.1) is 12.3 Å². The minimum absolute atomic E-state index is 0.0182. The van der Waals surface area contributed by atoms with Crippen molar-refractivity contribution < 1.29 is 9.21 Å². The Morgan fingerprint density at radius 3 is 2.95 bits per heavy atom. The Morgan fingerprint density at radius 1 is 1.45 bits per heavy atom. The summed E-state index contributed by atoms with van der Waals surface area (Å²) in [5, 5.41) is 3.01. The summed E-state index contributed by atoms with van der Waals surface area (Å²) in [5.74, 6) is 0.828. The molecule has 3 rings (SSSR count). The first-order chi connectivity index (χ1) is 10.8. The third-order valence-electron chi connectivity index (χ3n) is 3.96. The van der Waals surface area contributed by atoms with Crippen molar-refractivity contribution in [3.05, 3.63) is 54.2 Å². The van der Waals surface area contributed by atoms with Gasteiger partial charge in [0, 0.05) is 25.0 Å². The number of carbonyl (C=O) groups is 1. The van der Waals surface area contributed by atoms with E-state index in [1.165, 1.54) is 0 Å². The molecule has 1 N–H and O–H groups in total. The van der Waals surface area contributed by atoms with Gasteiger partial charge in [-0.1, -0.05) is 6.07 Å². The third kappa shape index (κ3) is 3.47. The van der Waals surface area contributed by atoms with Crippen molar-refractivity contribution in [1.29, 1.82) is 0 Å². The van der Waals surface area contributed by atoms with Crippen molar-refractivity contribution in [2.24, 2.45) is 0 Å². The molecule has 1 atom stereocenters. The number of nitrogens with one attached hydrogen (secondary N) is 1. The van der Waals surface area contributed by atoms with Crippen LogP contribution in [-0.4, -0.2) is 28.5 Å². The van der Waals surface area contributed by atoms with E-state index in [9.17, 15) is 4.79 Å². The van der Waals surface area contributed by atoms with Crippen LogP contribution in [0, 0.1) is 0 Å². The van der Waals surface area contributed by atoms with Gasteiger partial charge in [0.1, 0.15) is 5.76 Å². The average Bonchev–Trinajstić information content (AvgIpc) is 3.20. The number of pyridine rings is 1. The molecule has 1 aliphatic rings. The molecule has 0 radical (unpaired) electrons. The molecule has 2 amide bonds. The van der Waals surface area contributed by atoms with E-state index in [0.717, 1.165) is 30.6 Å². The Balaban J connectivity index is 1.56. The molecule has 5 nitrogen and oxygen atoms in total. The molecule has 1 fully saturated rings. The van der Waals surface area contributed by atoms with Crippen molar-refractivity contribution in [3.63, 3.8) is 0 Å². The predicted molar refractivity (Wildman–Crippen MR) is 83.3 cm³/mol. The first kappa shape index (κ1) is 14.6. The maximum atomic E-state index is 12.5. The molecular weight excluding hydrogens is 278 g/mol. The van der Waals surface area contributed by atoms with Crippen molar-refractivity contribution >= 4 is 6.03 Å². The fourth-order valence-corrected chi connectivity index (χ4v) is 2.63. The van der Waals surface area contributed by atoms with E-state index in [1.807, 2.05) is 42.3 Å². The lowest BCUT2D eigenvalue weighted by molar-refractivity contribution is 0.166. The molecule has 0 spiro atoms. The van der Waals surface area contributed by atoms with Crippen LogP contribution in [0.5, 0.6) is 0 Å². The first-order valence-electron chi connectivity index (χ1n) is 7.74. The molecule has 2 heterocycles. The summed E-state index contributed by atoms with van der Waals surface area (Å²) in [6, 6.07) is 7.98. The van der Waals surface area contributed by atoms with Gasteiger partial charge in [-0.3, -0.25) is 4.98 Å². The zero-order chi connectivity index (χ0) is 15.4. The molecule has 0 unspecified atom stereocenters. The molecule has 0 aliphatic heterocycles. The van der Waals surface area contributed by atoms with Gasteiger partial charge in [-0.05, 0) is 49.9 Å². The van der Waals surface area contributed by atoms with E-state index in [0.29, 0.717) is 12.6 Å². The highest BCUT2D eigenvalue weighted by atomic mass is 16.3. The Kier molecular flexibility index (Phi) is 4.42. The van der Waals surface area contributed by atoms with E-state index < -0.39 is 0 Å². The summed E-state index contributed by atoms with van der Waals surface area (Å²) in [6.07, 6.45) is 8.16. The molecule has 1 saturated carbocycles. The highest BCUT2D eigenvalue weighted by Crippen LogP contribution is 2.34. The van der Waals surface area contributed by atoms with Gasteiger partial charge in [0.25, 0.3) is 0 Å². The monoisotopic (exact) mass is 299 g/mol. The maximum Gasteiger partial charge on any atom is 0.318 e. The van der Waals surface area contributed by atoms with Crippen LogP contribution < -0.4 is 5.32 Å². The molecule has 0 saturated heterocycles. The number of rotatable bonds is 6. The molecular formula is C17H21N3O2. The second-order valence-electron chi connectivity index (χ2n) is 5.67. The predicted octanol–water partition coefficient (Wildman–Crippen LogP) is 3.15. The number of amides is 2. The Hall–Kier alpha value is -2.30. The zero-order valence-electron chi connectivity index (χ0n) is 12.7. The van der Waals surface area contributed by atoms with Crippen LogP contribution in [0.15, 0.2) is 47.3 Å². The van der Waals surface area contributed by atoms with E-state index >= 15 is 0 Å². The van der Waals surface area contributed by atoms with Gasteiger partial charge >= 0.3 is 6.03 Å². The lowest BCUT2D eigenvalue weighted by Gasteiger charge is -2.28. The summed E-state index contributed by atoms with van der Waals surface area (Å²) in [6.45, 7) is 2.62. The van der Waals surface area contributed by atoms with Crippen molar-refractivity contribution in [2.75, 3.05) is 6.54 Å². The fraction of sp³-hybridized carbons (Fsp3) is 0.412. The van der Waals surface area contributed by atoms with Gasteiger partial charge in [0.2, 0.25) is 0 Å². The average molecular weight is 299 g/mol. The van der Waals surface area contributed by atoms with Crippen LogP contribution in [0.3, 0.4) is 0 Å². The van der Waals surface area contributed by atoms with Crippen molar-refractivity contribution in [2.45, 2.75) is 38.3 Å². The van der Waals surface area contributed by atoms with Crippen LogP contribution in [0.4, 0.5) is 4.79 Å². The van der Waals surface area contributed by atoms with E-state index in [1.54, 1.807) is 12.5 Å². The number of furan rings is 1. The smallest absolute Gasteiger partial charge is 0.318 e. The van der Waals surface area contributed by atoms with Crippen LogP contribution in [-0.2, 0) is 6.42 Å². The normalized spacial score (nSPS) is 15.3. The first-order valence-corrected chi connectivity index (χ1v) is 7.74. The zero-order valence-corrected chi connectivity index (χ0v) is 12.7. The van der Waals surface area contributed by atoms with Gasteiger partial charge in [0.15, 0.2) is 0 Å². The van der Waals surface area contributed by atoms with Gasteiger partial charge < -0.3 is 14.6 Å².